The topological polar surface area (TPSA) is 74.2 Å². The number of rotatable bonds is 7. The van der Waals surface area contributed by atoms with Crippen molar-refractivity contribution in [3.05, 3.63) is 36.2 Å². The third-order valence-electron chi connectivity index (χ3n) is 6.10. The number of anilines is 1. The molecule has 170 valence electrons. The molecule has 2 aromatic rings. The van der Waals surface area contributed by atoms with Crippen molar-refractivity contribution < 1.29 is 9.53 Å². The fourth-order valence-electron chi connectivity index (χ4n) is 4.38. The van der Waals surface area contributed by atoms with Gasteiger partial charge >= 0.3 is 0 Å². The lowest BCUT2D eigenvalue weighted by molar-refractivity contribution is -0.132. The zero-order valence-corrected chi connectivity index (χ0v) is 19.4. The maximum absolute atomic E-state index is 13.2. The van der Waals surface area contributed by atoms with Gasteiger partial charge in [-0.15, -0.1) is 0 Å². The summed E-state index contributed by atoms with van der Waals surface area (Å²) in [5.41, 5.74) is 3.97. The van der Waals surface area contributed by atoms with Crippen molar-refractivity contribution in [3.8, 4) is 16.9 Å². The van der Waals surface area contributed by atoms with Crippen LogP contribution in [-0.2, 0) is 4.79 Å². The molecule has 0 aliphatic carbocycles. The molecule has 0 bridgehead atoms. The molecule has 3 heterocycles. The lowest BCUT2D eigenvalue weighted by Crippen LogP contribution is -2.33. The van der Waals surface area contributed by atoms with Gasteiger partial charge in [-0.1, -0.05) is 12.1 Å². The Morgan fingerprint density at radius 3 is 2.84 bits per heavy atom. The van der Waals surface area contributed by atoms with E-state index in [9.17, 15) is 4.79 Å². The zero-order chi connectivity index (χ0) is 22.7. The Hall–Kier alpha value is -3.16. The molecule has 0 saturated carbocycles. The molecule has 1 aromatic heterocycles. The molecule has 32 heavy (non-hydrogen) atoms. The quantitative estimate of drug-likeness (QED) is 0.663. The third-order valence-corrected chi connectivity index (χ3v) is 6.10. The van der Waals surface area contributed by atoms with Gasteiger partial charge in [0.05, 0.1) is 18.8 Å². The summed E-state index contributed by atoms with van der Waals surface area (Å²) in [6, 6.07) is 7.86. The van der Waals surface area contributed by atoms with Crippen molar-refractivity contribution in [1.29, 1.82) is 0 Å². The number of aromatic nitrogens is 2. The van der Waals surface area contributed by atoms with Gasteiger partial charge in [-0.2, -0.15) is 5.10 Å². The fraction of sp³-hybridized carbons (Fsp3) is 0.500. The molecule has 1 amide bonds. The van der Waals surface area contributed by atoms with Gasteiger partial charge in [-0.3, -0.25) is 9.80 Å². The standard InChI is InChI=1S/C24H32N6O2/c1-17-10-13-29(27-17)14-11-22(31)30-12-6-9-21(30)23-20(16-25-24(26-23)28(2)3)18-7-5-8-19(15-18)32-4/h5,7-8,15-16,21H,6,9-14H2,1-4H3/t21-/m1/s1. The zero-order valence-electron chi connectivity index (χ0n) is 19.4. The Bertz CT molecular complexity index is 1010. The van der Waals surface area contributed by atoms with Crippen LogP contribution < -0.4 is 9.64 Å². The molecule has 1 saturated heterocycles. The van der Waals surface area contributed by atoms with E-state index in [1.807, 2.05) is 66.3 Å². The van der Waals surface area contributed by atoms with Crippen molar-refractivity contribution in [3.63, 3.8) is 0 Å². The highest BCUT2D eigenvalue weighted by molar-refractivity contribution is 5.83. The first kappa shape index (κ1) is 22.0. The Morgan fingerprint density at radius 2 is 2.12 bits per heavy atom. The smallest absolute Gasteiger partial charge is 0.225 e. The van der Waals surface area contributed by atoms with E-state index in [1.165, 1.54) is 0 Å². The van der Waals surface area contributed by atoms with Crippen LogP contribution in [0.4, 0.5) is 5.95 Å². The first-order valence-corrected chi connectivity index (χ1v) is 11.2. The maximum Gasteiger partial charge on any atom is 0.225 e. The minimum atomic E-state index is -0.0609. The summed E-state index contributed by atoms with van der Waals surface area (Å²) in [5, 5.41) is 6.52. The summed E-state index contributed by atoms with van der Waals surface area (Å²) in [5.74, 6) is 1.59. The van der Waals surface area contributed by atoms with Crippen LogP contribution in [0.3, 0.4) is 0 Å². The second kappa shape index (κ2) is 9.54. The number of likely N-dealkylation sites (tertiary alicyclic amines) is 1. The number of ether oxygens (including phenoxy) is 1. The van der Waals surface area contributed by atoms with Gasteiger partial charge in [0.1, 0.15) is 5.75 Å². The number of hydrogen-bond acceptors (Lipinski definition) is 7. The normalized spacial score (nSPS) is 18.1. The van der Waals surface area contributed by atoms with Gasteiger partial charge in [0.2, 0.25) is 11.9 Å². The van der Waals surface area contributed by atoms with Crippen LogP contribution in [0.2, 0.25) is 0 Å². The van der Waals surface area contributed by atoms with Crippen LogP contribution in [0.15, 0.2) is 35.6 Å². The second-order valence-corrected chi connectivity index (χ2v) is 8.63. The summed E-state index contributed by atoms with van der Waals surface area (Å²) in [4.78, 5) is 26.6. The van der Waals surface area contributed by atoms with Crippen LogP contribution in [0, 0.1) is 0 Å². The van der Waals surface area contributed by atoms with Gasteiger partial charge in [-0.25, -0.2) is 9.97 Å². The molecule has 1 fully saturated rings. The van der Waals surface area contributed by atoms with Crippen molar-refractivity contribution in [2.75, 3.05) is 45.7 Å². The first-order valence-electron chi connectivity index (χ1n) is 11.2. The van der Waals surface area contributed by atoms with Crippen LogP contribution >= 0.6 is 0 Å². The molecule has 0 radical (unpaired) electrons. The lowest BCUT2D eigenvalue weighted by atomic mass is 9.99. The number of hydrogen-bond donors (Lipinski definition) is 0. The molecule has 0 unspecified atom stereocenters. The molecule has 1 atom stereocenters. The highest BCUT2D eigenvalue weighted by atomic mass is 16.5. The molecule has 1 aromatic carbocycles. The van der Waals surface area contributed by atoms with E-state index in [2.05, 4.69) is 10.1 Å². The predicted octanol–water partition coefficient (Wildman–Crippen LogP) is 3.35. The van der Waals surface area contributed by atoms with Gasteiger partial charge < -0.3 is 14.5 Å². The largest absolute Gasteiger partial charge is 0.497 e. The van der Waals surface area contributed by atoms with Crippen LogP contribution in [0.5, 0.6) is 5.75 Å². The highest BCUT2D eigenvalue weighted by Gasteiger charge is 2.33. The molecule has 8 nitrogen and oxygen atoms in total. The van der Waals surface area contributed by atoms with E-state index in [4.69, 9.17) is 9.72 Å². The minimum absolute atomic E-state index is 0.0609. The average Bonchev–Trinajstić information content (AvgIpc) is 3.46. The van der Waals surface area contributed by atoms with Gasteiger partial charge in [0.15, 0.2) is 0 Å². The third kappa shape index (κ3) is 4.69. The molecule has 8 heteroatoms. The number of carbonyl (C=O) groups is 1. The molecule has 2 aliphatic rings. The van der Waals surface area contributed by atoms with Crippen molar-refractivity contribution in [2.24, 2.45) is 5.10 Å². The van der Waals surface area contributed by atoms with Crippen molar-refractivity contribution in [1.82, 2.24) is 19.9 Å². The van der Waals surface area contributed by atoms with Gasteiger partial charge in [0, 0.05) is 64.0 Å². The summed E-state index contributed by atoms with van der Waals surface area (Å²) in [7, 11) is 5.52. The SMILES string of the molecule is COc1cccc(-c2cnc(N(C)C)nc2[C@H]2CCCN2C(=O)CCN2CCC(C)=N2)c1. The second-order valence-electron chi connectivity index (χ2n) is 8.63. The Labute approximate surface area is 189 Å². The molecular formula is C24H32N6O2. The number of hydrazone groups is 1. The molecular weight excluding hydrogens is 404 g/mol. The average molecular weight is 437 g/mol. The summed E-state index contributed by atoms with van der Waals surface area (Å²) in [6.45, 7) is 4.36. The van der Waals surface area contributed by atoms with E-state index in [0.717, 1.165) is 60.6 Å². The van der Waals surface area contributed by atoms with Crippen molar-refractivity contribution >= 4 is 17.6 Å². The van der Waals surface area contributed by atoms with Crippen LogP contribution in [0.25, 0.3) is 11.1 Å². The van der Waals surface area contributed by atoms with Crippen molar-refractivity contribution in [2.45, 2.75) is 38.6 Å². The number of nitrogens with zero attached hydrogens (tertiary/aromatic N) is 6. The van der Waals surface area contributed by atoms with E-state index >= 15 is 0 Å². The monoisotopic (exact) mass is 436 g/mol. The fourth-order valence-corrected chi connectivity index (χ4v) is 4.38. The summed E-state index contributed by atoms with van der Waals surface area (Å²) >= 11 is 0. The Morgan fingerprint density at radius 1 is 1.28 bits per heavy atom. The Balaban J connectivity index is 1.62. The first-order chi connectivity index (χ1) is 15.5. The number of benzene rings is 1. The Kier molecular flexibility index (Phi) is 6.58. The van der Waals surface area contributed by atoms with Gasteiger partial charge in [-0.05, 0) is 37.5 Å². The molecule has 0 N–H and O–H groups in total. The molecule has 2 aliphatic heterocycles. The van der Waals surface area contributed by atoms with E-state index in [0.29, 0.717) is 18.9 Å². The van der Waals surface area contributed by atoms with Crippen LogP contribution in [0.1, 0.15) is 44.3 Å². The molecule has 4 rings (SSSR count). The van der Waals surface area contributed by atoms with E-state index in [-0.39, 0.29) is 11.9 Å². The highest BCUT2D eigenvalue weighted by Crippen LogP contribution is 2.38. The summed E-state index contributed by atoms with van der Waals surface area (Å²) < 4.78 is 5.42. The number of carbonyl (C=O) groups excluding carboxylic acids is 1. The number of methoxy groups -OCH3 is 1. The lowest BCUT2D eigenvalue weighted by Gasteiger charge is -2.27. The number of amides is 1. The predicted molar refractivity (Wildman–Crippen MR) is 126 cm³/mol. The maximum atomic E-state index is 13.2. The van der Waals surface area contributed by atoms with Crippen LogP contribution in [-0.4, -0.2) is 72.3 Å². The van der Waals surface area contributed by atoms with E-state index in [1.54, 1.807) is 7.11 Å². The van der Waals surface area contributed by atoms with E-state index < -0.39 is 0 Å². The van der Waals surface area contributed by atoms with Gasteiger partial charge in [0.25, 0.3) is 0 Å². The summed E-state index contributed by atoms with van der Waals surface area (Å²) in [6.07, 6.45) is 5.19. The molecule has 0 spiro atoms. The minimum Gasteiger partial charge on any atom is -0.497 e.